The molecule has 1 aliphatic heterocycles. The summed E-state index contributed by atoms with van der Waals surface area (Å²) >= 11 is 0. The van der Waals surface area contributed by atoms with Crippen molar-refractivity contribution in [3.63, 3.8) is 0 Å². The summed E-state index contributed by atoms with van der Waals surface area (Å²) in [5.41, 5.74) is 1.65. The maximum absolute atomic E-state index is 12.7. The summed E-state index contributed by atoms with van der Waals surface area (Å²) in [4.78, 5) is 30.5. The normalized spacial score (nSPS) is 18.0. The maximum Gasteiger partial charge on any atom is 0.326 e. The van der Waals surface area contributed by atoms with Gasteiger partial charge in [0.25, 0.3) is 0 Å². The Balaban J connectivity index is 1.84. The number of aryl methyl sites for hydroxylation is 2. The minimum absolute atomic E-state index is 0.0676. The fraction of sp³-hybridized carbons (Fsp3) is 0.353. The van der Waals surface area contributed by atoms with Crippen LogP contribution in [0.15, 0.2) is 34.7 Å². The van der Waals surface area contributed by atoms with Gasteiger partial charge in [-0.05, 0) is 19.4 Å². The third-order valence-corrected chi connectivity index (χ3v) is 4.12. The summed E-state index contributed by atoms with van der Waals surface area (Å²) < 4.78 is 5.42. The van der Waals surface area contributed by atoms with Gasteiger partial charge in [-0.2, -0.15) is 4.98 Å². The number of amides is 3. The molecule has 1 atom stereocenters. The van der Waals surface area contributed by atoms with Crippen molar-refractivity contribution in [3.05, 3.63) is 47.3 Å². The highest BCUT2D eigenvalue weighted by Gasteiger charge is 2.30. The molecule has 1 fully saturated rings. The van der Waals surface area contributed by atoms with E-state index in [1.807, 2.05) is 37.3 Å². The van der Waals surface area contributed by atoms with Gasteiger partial charge in [0.1, 0.15) is 5.76 Å². The lowest BCUT2D eigenvalue weighted by atomic mass is 10.0. The Kier molecular flexibility index (Phi) is 4.50. The molecule has 7 nitrogen and oxygen atoms in total. The van der Waals surface area contributed by atoms with Gasteiger partial charge in [-0.15, -0.1) is 0 Å². The van der Waals surface area contributed by atoms with Crippen molar-refractivity contribution < 1.29 is 14.0 Å². The van der Waals surface area contributed by atoms with Crippen LogP contribution in [0.3, 0.4) is 0 Å². The monoisotopic (exact) mass is 328 g/mol. The van der Waals surface area contributed by atoms with Crippen LogP contribution in [-0.4, -0.2) is 34.9 Å². The lowest BCUT2D eigenvalue weighted by Gasteiger charge is -2.29. The number of anilines is 1. The van der Waals surface area contributed by atoms with E-state index in [2.05, 4.69) is 15.6 Å². The van der Waals surface area contributed by atoms with E-state index in [1.54, 1.807) is 11.8 Å². The third kappa shape index (κ3) is 3.40. The summed E-state index contributed by atoms with van der Waals surface area (Å²) in [5.74, 6) is 0.597. The van der Waals surface area contributed by atoms with E-state index in [1.165, 1.54) is 0 Å². The van der Waals surface area contributed by atoms with Crippen molar-refractivity contribution in [1.82, 2.24) is 15.2 Å². The molecule has 2 heterocycles. The predicted octanol–water partition coefficient (Wildman–Crippen LogP) is 2.39. The molecule has 0 bridgehead atoms. The highest BCUT2D eigenvalue weighted by Crippen LogP contribution is 2.26. The Morgan fingerprint density at radius 2 is 2.08 bits per heavy atom. The van der Waals surface area contributed by atoms with E-state index >= 15 is 0 Å². The number of carbonyl (C=O) groups excluding carboxylic acids is 2. The van der Waals surface area contributed by atoms with Gasteiger partial charge in [0, 0.05) is 13.1 Å². The first kappa shape index (κ1) is 16.0. The number of aromatic nitrogens is 1. The lowest BCUT2D eigenvalue weighted by Crippen LogP contribution is -2.39. The molecule has 3 rings (SSSR count). The van der Waals surface area contributed by atoms with Gasteiger partial charge in [0.2, 0.25) is 5.91 Å². The smallest absolute Gasteiger partial charge is 0.326 e. The molecule has 1 aromatic heterocycles. The Morgan fingerprint density at radius 1 is 1.33 bits per heavy atom. The zero-order chi connectivity index (χ0) is 17.1. The zero-order valence-corrected chi connectivity index (χ0v) is 13.7. The average molecular weight is 328 g/mol. The van der Waals surface area contributed by atoms with Crippen LogP contribution >= 0.6 is 0 Å². The van der Waals surface area contributed by atoms with Crippen molar-refractivity contribution >= 4 is 18.0 Å². The largest absolute Gasteiger partial charge is 0.428 e. The fourth-order valence-electron chi connectivity index (χ4n) is 2.74. The minimum atomic E-state index is -0.332. The van der Waals surface area contributed by atoms with Crippen LogP contribution in [-0.2, 0) is 4.79 Å². The number of nitrogens with one attached hydrogen (secondary N) is 2. The first-order valence-corrected chi connectivity index (χ1v) is 7.88. The maximum atomic E-state index is 12.7. The molecule has 2 aromatic rings. The molecule has 0 saturated carbocycles. The number of hydrogen-bond donors (Lipinski definition) is 2. The highest BCUT2D eigenvalue weighted by atomic mass is 16.4. The lowest BCUT2D eigenvalue weighted by molar-refractivity contribution is -0.121. The van der Waals surface area contributed by atoms with E-state index in [4.69, 9.17) is 4.42 Å². The molecule has 2 N–H and O–H groups in total. The van der Waals surface area contributed by atoms with Crippen LogP contribution in [0.2, 0.25) is 0 Å². The first-order chi connectivity index (χ1) is 11.5. The van der Waals surface area contributed by atoms with E-state index in [-0.39, 0.29) is 30.4 Å². The van der Waals surface area contributed by atoms with E-state index < -0.39 is 0 Å². The van der Waals surface area contributed by atoms with Gasteiger partial charge in [0.05, 0.1) is 18.2 Å². The number of nitrogens with zero attached hydrogens (tertiary/aromatic N) is 2. The second-order valence-electron chi connectivity index (χ2n) is 5.76. The molecule has 1 saturated heterocycles. The zero-order valence-electron chi connectivity index (χ0n) is 13.7. The third-order valence-electron chi connectivity index (χ3n) is 4.12. The van der Waals surface area contributed by atoms with Crippen molar-refractivity contribution in [2.24, 2.45) is 0 Å². The summed E-state index contributed by atoms with van der Waals surface area (Å²) in [7, 11) is 0. The van der Waals surface area contributed by atoms with Crippen molar-refractivity contribution in [1.29, 1.82) is 0 Å². The average Bonchev–Trinajstić information content (AvgIpc) is 2.77. The van der Waals surface area contributed by atoms with Crippen LogP contribution in [0.25, 0.3) is 0 Å². The first-order valence-electron chi connectivity index (χ1n) is 7.88. The SMILES string of the molecule is Cc1nc(NC(=O)N2CCNC(=O)C[C@@H]2c2ccccc2)oc1C. The molecule has 0 radical (unpaired) electrons. The van der Waals surface area contributed by atoms with Crippen molar-refractivity contribution in [2.45, 2.75) is 26.3 Å². The van der Waals surface area contributed by atoms with Crippen LogP contribution in [0.4, 0.5) is 10.8 Å². The number of hydrogen-bond acceptors (Lipinski definition) is 4. The summed E-state index contributed by atoms with van der Waals surface area (Å²) in [6, 6.07) is 9.05. The molecule has 7 heteroatoms. The van der Waals surface area contributed by atoms with E-state index in [9.17, 15) is 9.59 Å². The Hall–Kier alpha value is -2.83. The van der Waals surface area contributed by atoms with Gasteiger partial charge in [-0.1, -0.05) is 30.3 Å². The summed E-state index contributed by atoms with van der Waals surface area (Å²) in [5, 5.41) is 5.49. The Labute approximate surface area is 140 Å². The van der Waals surface area contributed by atoms with Crippen LogP contribution in [0.5, 0.6) is 0 Å². The molecule has 0 spiro atoms. The molecular formula is C17H20N4O3. The van der Waals surface area contributed by atoms with Crippen LogP contribution < -0.4 is 10.6 Å². The Bertz CT molecular complexity index is 722. The van der Waals surface area contributed by atoms with E-state index in [0.29, 0.717) is 18.8 Å². The van der Waals surface area contributed by atoms with Gasteiger partial charge in [-0.3, -0.25) is 10.1 Å². The highest BCUT2D eigenvalue weighted by molar-refractivity contribution is 5.88. The second-order valence-corrected chi connectivity index (χ2v) is 5.76. The van der Waals surface area contributed by atoms with Crippen molar-refractivity contribution in [3.8, 4) is 0 Å². The summed E-state index contributed by atoms with van der Waals surface area (Å²) in [6.45, 7) is 4.43. The topological polar surface area (TPSA) is 87.5 Å². The van der Waals surface area contributed by atoms with Gasteiger partial charge in [0.15, 0.2) is 0 Å². The quantitative estimate of drug-likeness (QED) is 0.886. The standard InChI is InChI=1S/C17H20N4O3/c1-11-12(2)24-16(19-11)20-17(23)21-9-8-18-15(22)10-14(21)13-6-4-3-5-7-13/h3-7,14H,8-10H2,1-2H3,(H,18,22)(H,19,20,23)/t14-/m1/s1. The van der Waals surface area contributed by atoms with Gasteiger partial charge >= 0.3 is 12.0 Å². The number of carbonyl (C=O) groups is 2. The molecule has 0 aliphatic carbocycles. The Morgan fingerprint density at radius 3 is 2.75 bits per heavy atom. The minimum Gasteiger partial charge on any atom is -0.428 e. The molecule has 0 unspecified atom stereocenters. The van der Waals surface area contributed by atoms with E-state index in [0.717, 1.165) is 11.3 Å². The number of rotatable bonds is 2. The van der Waals surface area contributed by atoms with Crippen LogP contribution in [0, 0.1) is 13.8 Å². The molecule has 1 aromatic carbocycles. The second kappa shape index (κ2) is 6.74. The number of oxazole rings is 1. The van der Waals surface area contributed by atoms with Crippen LogP contribution in [0.1, 0.15) is 29.5 Å². The molecular weight excluding hydrogens is 308 g/mol. The predicted molar refractivity (Wildman–Crippen MR) is 88.5 cm³/mol. The summed E-state index contributed by atoms with van der Waals surface area (Å²) in [6.07, 6.45) is 0.223. The molecule has 1 aliphatic rings. The van der Waals surface area contributed by atoms with Gasteiger partial charge in [-0.25, -0.2) is 4.79 Å². The molecule has 3 amide bonds. The molecule has 24 heavy (non-hydrogen) atoms. The number of urea groups is 1. The molecule has 126 valence electrons. The fourth-order valence-corrected chi connectivity index (χ4v) is 2.74. The number of benzene rings is 1. The van der Waals surface area contributed by atoms with Crippen molar-refractivity contribution in [2.75, 3.05) is 18.4 Å². The van der Waals surface area contributed by atoms with Gasteiger partial charge < -0.3 is 14.6 Å².